The maximum absolute atomic E-state index is 6.29. The highest BCUT2D eigenvalue weighted by Crippen LogP contribution is 2.31. The molecule has 1 fully saturated rings. The van der Waals surface area contributed by atoms with Crippen LogP contribution in [0.25, 0.3) is 0 Å². The summed E-state index contributed by atoms with van der Waals surface area (Å²) in [5.41, 5.74) is 6.29. The monoisotopic (exact) mass is 240 g/mol. The first-order valence-corrected chi connectivity index (χ1v) is 7.47. The van der Waals surface area contributed by atoms with Gasteiger partial charge < -0.3 is 10.6 Å². The first kappa shape index (κ1) is 15.0. The second-order valence-electron chi connectivity index (χ2n) is 6.51. The van der Waals surface area contributed by atoms with Crippen molar-refractivity contribution in [2.24, 2.45) is 23.5 Å². The number of hydrogen-bond donors (Lipinski definition) is 1. The Balaban J connectivity index is 2.38. The average Bonchev–Trinajstić information content (AvgIpc) is 2.22. The van der Waals surface area contributed by atoms with Crippen molar-refractivity contribution in [3.8, 4) is 0 Å². The maximum Gasteiger partial charge on any atom is 0.00795 e. The number of nitrogens with zero attached hydrogens (tertiary/aromatic N) is 1. The third kappa shape index (κ3) is 5.39. The van der Waals surface area contributed by atoms with Gasteiger partial charge in [0.15, 0.2) is 0 Å². The van der Waals surface area contributed by atoms with Crippen molar-refractivity contribution in [2.75, 3.05) is 20.1 Å². The third-order valence-electron chi connectivity index (χ3n) is 4.07. The molecule has 2 N–H and O–H groups in total. The lowest BCUT2D eigenvalue weighted by atomic mass is 9.76. The van der Waals surface area contributed by atoms with E-state index in [2.05, 4.69) is 32.7 Å². The summed E-state index contributed by atoms with van der Waals surface area (Å²) in [6, 6.07) is 0.442. The highest BCUT2D eigenvalue weighted by molar-refractivity contribution is 4.84. The van der Waals surface area contributed by atoms with Crippen molar-refractivity contribution < 1.29 is 0 Å². The minimum Gasteiger partial charge on any atom is -0.327 e. The van der Waals surface area contributed by atoms with Gasteiger partial charge in [0.05, 0.1) is 0 Å². The zero-order valence-electron chi connectivity index (χ0n) is 12.3. The van der Waals surface area contributed by atoms with E-state index in [-0.39, 0.29) is 0 Å². The summed E-state index contributed by atoms with van der Waals surface area (Å²) in [4.78, 5) is 2.48. The molecule has 0 heterocycles. The summed E-state index contributed by atoms with van der Waals surface area (Å²) >= 11 is 0. The molecule has 0 amide bonds. The van der Waals surface area contributed by atoms with Crippen LogP contribution in [0.4, 0.5) is 0 Å². The van der Waals surface area contributed by atoms with Crippen LogP contribution >= 0.6 is 0 Å². The largest absolute Gasteiger partial charge is 0.327 e. The molecule has 1 rings (SSSR count). The number of hydrogen-bond acceptors (Lipinski definition) is 2. The van der Waals surface area contributed by atoms with Gasteiger partial charge in [-0.2, -0.15) is 0 Å². The van der Waals surface area contributed by atoms with Gasteiger partial charge in [-0.3, -0.25) is 0 Å². The van der Waals surface area contributed by atoms with Crippen molar-refractivity contribution in [3.05, 3.63) is 0 Å². The van der Waals surface area contributed by atoms with Gasteiger partial charge in [0.2, 0.25) is 0 Å². The minimum absolute atomic E-state index is 0.442. The normalized spacial score (nSPS) is 30.2. The van der Waals surface area contributed by atoms with Crippen LogP contribution in [-0.4, -0.2) is 31.1 Å². The molecule has 0 radical (unpaired) electrons. The molecule has 0 aromatic rings. The van der Waals surface area contributed by atoms with Gasteiger partial charge in [0.25, 0.3) is 0 Å². The molecule has 1 saturated carbocycles. The van der Waals surface area contributed by atoms with Crippen LogP contribution in [0.2, 0.25) is 0 Å². The fourth-order valence-electron chi connectivity index (χ4n) is 3.36. The van der Waals surface area contributed by atoms with Crippen LogP contribution < -0.4 is 5.73 Å². The van der Waals surface area contributed by atoms with Gasteiger partial charge >= 0.3 is 0 Å². The lowest BCUT2D eigenvalue weighted by Gasteiger charge is -2.36. The molecule has 0 aliphatic heterocycles. The van der Waals surface area contributed by atoms with E-state index in [0.29, 0.717) is 6.04 Å². The molecule has 0 aromatic heterocycles. The van der Waals surface area contributed by atoms with Crippen molar-refractivity contribution in [1.29, 1.82) is 0 Å². The van der Waals surface area contributed by atoms with Crippen molar-refractivity contribution in [2.45, 2.75) is 58.9 Å². The molecule has 2 heteroatoms. The third-order valence-corrected chi connectivity index (χ3v) is 4.07. The molecule has 0 bridgehead atoms. The van der Waals surface area contributed by atoms with Gasteiger partial charge in [-0.25, -0.2) is 0 Å². The van der Waals surface area contributed by atoms with E-state index in [1.807, 2.05) is 0 Å². The summed E-state index contributed by atoms with van der Waals surface area (Å²) in [5, 5.41) is 0. The van der Waals surface area contributed by atoms with Gasteiger partial charge in [0.1, 0.15) is 0 Å². The highest BCUT2D eigenvalue weighted by atomic mass is 15.1. The first-order valence-electron chi connectivity index (χ1n) is 7.47. The van der Waals surface area contributed by atoms with Crippen LogP contribution in [-0.2, 0) is 0 Å². The van der Waals surface area contributed by atoms with E-state index < -0.39 is 0 Å². The summed E-state index contributed by atoms with van der Waals surface area (Å²) < 4.78 is 0. The molecule has 0 aromatic carbocycles. The Kier molecular flexibility index (Phi) is 6.50. The smallest absolute Gasteiger partial charge is 0.00795 e. The van der Waals surface area contributed by atoms with E-state index in [1.165, 1.54) is 45.2 Å². The Morgan fingerprint density at radius 1 is 1.29 bits per heavy atom. The molecule has 0 spiro atoms. The zero-order chi connectivity index (χ0) is 12.8. The molecule has 3 atom stereocenters. The Morgan fingerprint density at radius 3 is 2.59 bits per heavy atom. The summed E-state index contributed by atoms with van der Waals surface area (Å²) in [5.74, 6) is 2.42. The van der Waals surface area contributed by atoms with E-state index in [1.54, 1.807) is 0 Å². The maximum atomic E-state index is 6.29. The minimum atomic E-state index is 0.442. The van der Waals surface area contributed by atoms with Crippen LogP contribution in [0.15, 0.2) is 0 Å². The van der Waals surface area contributed by atoms with E-state index in [9.17, 15) is 0 Å². The molecular weight excluding hydrogens is 208 g/mol. The van der Waals surface area contributed by atoms with Crippen LogP contribution in [0.1, 0.15) is 52.9 Å². The Hall–Kier alpha value is -0.0800. The lowest BCUT2D eigenvalue weighted by molar-refractivity contribution is 0.161. The first-order chi connectivity index (χ1) is 8.02. The fraction of sp³-hybridized carbons (Fsp3) is 1.00. The van der Waals surface area contributed by atoms with Crippen LogP contribution in [0.5, 0.6) is 0 Å². The molecule has 3 unspecified atom stereocenters. The second-order valence-corrected chi connectivity index (χ2v) is 6.51. The molecule has 2 nitrogen and oxygen atoms in total. The number of rotatable bonds is 6. The van der Waals surface area contributed by atoms with Crippen LogP contribution in [0, 0.1) is 17.8 Å². The highest BCUT2D eigenvalue weighted by Gasteiger charge is 2.28. The predicted molar refractivity (Wildman–Crippen MR) is 76.0 cm³/mol. The molecule has 1 aliphatic carbocycles. The Morgan fingerprint density at radius 2 is 2.00 bits per heavy atom. The zero-order valence-corrected chi connectivity index (χ0v) is 12.3. The van der Waals surface area contributed by atoms with Crippen molar-refractivity contribution in [1.82, 2.24) is 4.90 Å². The van der Waals surface area contributed by atoms with Crippen LogP contribution in [0.3, 0.4) is 0 Å². The molecule has 1 aliphatic rings. The SMILES string of the molecule is CCCC1CCC(N)C(CN(C)CC(C)C)C1. The van der Waals surface area contributed by atoms with Gasteiger partial charge in [-0.1, -0.05) is 33.6 Å². The van der Waals surface area contributed by atoms with E-state index in [0.717, 1.165) is 17.8 Å². The van der Waals surface area contributed by atoms with Crippen molar-refractivity contribution in [3.63, 3.8) is 0 Å². The molecular formula is C15H32N2. The van der Waals surface area contributed by atoms with Crippen molar-refractivity contribution >= 4 is 0 Å². The summed E-state index contributed by atoms with van der Waals surface area (Å²) in [6.07, 6.45) is 6.69. The van der Waals surface area contributed by atoms with E-state index in [4.69, 9.17) is 5.73 Å². The molecule has 102 valence electrons. The lowest BCUT2D eigenvalue weighted by Crippen LogP contribution is -2.42. The summed E-state index contributed by atoms with van der Waals surface area (Å²) in [6.45, 7) is 9.27. The fourth-order valence-corrected chi connectivity index (χ4v) is 3.36. The number of nitrogens with two attached hydrogens (primary N) is 1. The topological polar surface area (TPSA) is 29.3 Å². The summed E-state index contributed by atoms with van der Waals surface area (Å²) in [7, 11) is 2.25. The Labute approximate surface area is 108 Å². The van der Waals surface area contributed by atoms with Gasteiger partial charge in [0, 0.05) is 19.1 Å². The van der Waals surface area contributed by atoms with E-state index >= 15 is 0 Å². The quantitative estimate of drug-likeness (QED) is 0.773. The standard InChI is InChI=1S/C15H32N2/c1-5-6-13-7-8-15(16)14(9-13)11-17(4)10-12(2)3/h12-15H,5-11,16H2,1-4H3. The molecule has 0 saturated heterocycles. The second kappa shape index (κ2) is 7.38. The predicted octanol–water partition coefficient (Wildman–Crippen LogP) is 3.12. The average molecular weight is 240 g/mol. The van der Waals surface area contributed by atoms with Gasteiger partial charge in [-0.05, 0) is 44.1 Å². The Bertz CT molecular complexity index is 203. The molecule has 17 heavy (non-hydrogen) atoms. The van der Waals surface area contributed by atoms with Gasteiger partial charge in [-0.15, -0.1) is 0 Å².